The van der Waals surface area contributed by atoms with Crippen LogP contribution in [0, 0.1) is 0 Å². The molecule has 86 valence electrons. The minimum atomic E-state index is -4.37. The molecule has 0 fully saturated rings. The SMILES string of the molecule is C=C(C)CC(=O)c1ccc(C(F)(F)F)cc1. The number of carbonyl (C=O) groups excluding carboxylic acids is 1. The highest BCUT2D eigenvalue weighted by atomic mass is 19.4. The molecule has 0 saturated heterocycles. The maximum atomic E-state index is 12.2. The number of allylic oxidation sites excluding steroid dienone is 1. The molecule has 0 bridgehead atoms. The van der Waals surface area contributed by atoms with Gasteiger partial charge in [0, 0.05) is 12.0 Å². The highest BCUT2D eigenvalue weighted by Crippen LogP contribution is 2.29. The van der Waals surface area contributed by atoms with Crippen LogP contribution in [0.25, 0.3) is 0 Å². The molecule has 0 aliphatic carbocycles. The molecule has 0 spiro atoms. The van der Waals surface area contributed by atoms with Crippen molar-refractivity contribution in [1.29, 1.82) is 0 Å². The zero-order chi connectivity index (χ0) is 12.3. The predicted octanol–water partition coefficient (Wildman–Crippen LogP) is 3.85. The number of ketones is 1. The Morgan fingerprint density at radius 2 is 1.75 bits per heavy atom. The fraction of sp³-hybridized carbons (Fsp3) is 0.250. The van der Waals surface area contributed by atoms with Crippen molar-refractivity contribution in [3.05, 3.63) is 47.5 Å². The van der Waals surface area contributed by atoms with E-state index in [1.54, 1.807) is 6.92 Å². The van der Waals surface area contributed by atoms with E-state index < -0.39 is 11.7 Å². The first-order chi connectivity index (χ1) is 7.30. The standard InChI is InChI=1S/C12H11F3O/c1-8(2)7-11(16)9-3-5-10(6-4-9)12(13,14)15/h3-6H,1,7H2,2H3. The Morgan fingerprint density at radius 1 is 1.25 bits per heavy atom. The summed E-state index contributed by atoms with van der Waals surface area (Å²) >= 11 is 0. The van der Waals surface area contributed by atoms with E-state index >= 15 is 0 Å². The van der Waals surface area contributed by atoms with E-state index in [4.69, 9.17) is 0 Å². The van der Waals surface area contributed by atoms with Gasteiger partial charge in [-0.15, -0.1) is 0 Å². The highest BCUT2D eigenvalue weighted by molar-refractivity contribution is 5.97. The van der Waals surface area contributed by atoms with Gasteiger partial charge in [0.25, 0.3) is 0 Å². The van der Waals surface area contributed by atoms with Gasteiger partial charge < -0.3 is 0 Å². The lowest BCUT2D eigenvalue weighted by molar-refractivity contribution is -0.137. The lowest BCUT2D eigenvalue weighted by Crippen LogP contribution is -2.06. The van der Waals surface area contributed by atoms with Gasteiger partial charge in [0.05, 0.1) is 5.56 Å². The van der Waals surface area contributed by atoms with Gasteiger partial charge in [-0.2, -0.15) is 13.2 Å². The largest absolute Gasteiger partial charge is 0.416 e. The van der Waals surface area contributed by atoms with E-state index in [9.17, 15) is 18.0 Å². The summed E-state index contributed by atoms with van der Waals surface area (Å²) in [7, 11) is 0. The first-order valence-electron chi connectivity index (χ1n) is 4.65. The van der Waals surface area contributed by atoms with Crippen molar-refractivity contribution < 1.29 is 18.0 Å². The molecule has 1 nitrogen and oxygen atoms in total. The van der Waals surface area contributed by atoms with Crippen LogP contribution in [0.2, 0.25) is 0 Å². The summed E-state index contributed by atoms with van der Waals surface area (Å²) in [6, 6.07) is 4.19. The van der Waals surface area contributed by atoms with Crippen molar-refractivity contribution in [1.82, 2.24) is 0 Å². The number of halogens is 3. The molecule has 4 heteroatoms. The van der Waals surface area contributed by atoms with Gasteiger partial charge in [0.2, 0.25) is 0 Å². The Hall–Kier alpha value is -1.58. The van der Waals surface area contributed by atoms with Crippen LogP contribution in [0.3, 0.4) is 0 Å². The van der Waals surface area contributed by atoms with Gasteiger partial charge in [-0.25, -0.2) is 0 Å². The molecule has 0 unspecified atom stereocenters. The Morgan fingerprint density at radius 3 is 2.12 bits per heavy atom. The Kier molecular flexibility index (Phi) is 3.52. The summed E-state index contributed by atoms with van der Waals surface area (Å²) in [6.45, 7) is 5.27. The zero-order valence-corrected chi connectivity index (χ0v) is 8.77. The lowest BCUT2D eigenvalue weighted by Gasteiger charge is -2.07. The van der Waals surface area contributed by atoms with Crippen LogP contribution in [-0.4, -0.2) is 5.78 Å². The lowest BCUT2D eigenvalue weighted by atomic mass is 10.0. The van der Waals surface area contributed by atoms with Crippen LogP contribution in [0.5, 0.6) is 0 Å². The van der Waals surface area contributed by atoms with Crippen molar-refractivity contribution in [2.75, 3.05) is 0 Å². The second-order valence-corrected chi connectivity index (χ2v) is 3.63. The van der Waals surface area contributed by atoms with E-state index in [1.807, 2.05) is 0 Å². The van der Waals surface area contributed by atoms with Crippen molar-refractivity contribution >= 4 is 5.78 Å². The molecular weight excluding hydrogens is 217 g/mol. The number of rotatable bonds is 3. The van der Waals surface area contributed by atoms with Crippen LogP contribution in [0.15, 0.2) is 36.4 Å². The molecule has 0 N–H and O–H groups in total. The second kappa shape index (κ2) is 4.51. The monoisotopic (exact) mass is 228 g/mol. The summed E-state index contributed by atoms with van der Waals surface area (Å²) < 4.78 is 36.7. The van der Waals surface area contributed by atoms with Crippen LogP contribution < -0.4 is 0 Å². The van der Waals surface area contributed by atoms with Gasteiger partial charge in [0.1, 0.15) is 0 Å². The van der Waals surface area contributed by atoms with Crippen molar-refractivity contribution in [2.45, 2.75) is 19.5 Å². The first-order valence-corrected chi connectivity index (χ1v) is 4.65. The van der Waals surface area contributed by atoms with Crippen LogP contribution >= 0.6 is 0 Å². The quantitative estimate of drug-likeness (QED) is 0.567. The molecule has 0 radical (unpaired) electrons. The third kappa shape index (κ3) is 3.22. The second-order valence-electron chi connectivity index (χ2n) is 3.63. The maximum Gasteiger partial charge on any atom is 0.416 e. The summed E-state index contributed by atoms with van der Waals surface area (Å²) in [6.07, 6.45) is -4.21. The molecule has 1 aromatic carbocycles. The van der Waals surface area contributed by atoms with Crippen molar-refractivity contribution in [2.24, 2.45) is 0 Å². The zero-order valence-electron chi connectivity index (χ0n) is 8.77. The van der Waals surface area contributed by atoms with E-state index in [2.05, 4.69) is 6.58 Å². The van der Waals surface area contributed by atoms with Crippen molar-refractivity contribution in [3.8, 4) is 0 Å². The van der Waals surface area contributed by atoms with Gasteiger partial charge >= 0.3 is 6.18 Å². The van der Waals surface area contributed by atoms with E-state index in [0.717, 1.165) is 12.1 Å². The molecule has 0 saturated carbocycles. The van der Waals surface area contributed by atoms with Crippen LogP contribution in [0.4, 0.5) is 13.2 Å². The third-order valence-corrected chi connectivity index (χ3v) is 2.00. The van der Waals surface area contributed by atoms with Crippen molar-refractivity contribution in [3.63, 3.8) is 0 Å². The fourth-order valence-corrected chi connectivity index (χ4v) is 1.22. The van der Waals surface area contributed by atoms with Gasteiger partial charge in [-0.3, -0.25) is 4.79 Å². The summed E-state index contributed by atoms with van der Waals surface area (Å²) in [4.78, 5) is 11.5. The number of benzene rings is 1. The molecule has 1 aromatic rings. The molecule has 0 aliphatic rings. The molecule has 1 rings (SSSR count). The van der Waals surface area contributed by atoms with Crippen LogP contribution in [0.1, 0.15) is 29.3 Å². The Bertz CT molecular complexity index is 401. The molecular formula is C12H11F3O. The van der Waals surface area contributed by atoms with E-state index in [1.165, 1.54) is 12.1 Å². The van der Waals surface area contributed by atoms with E-state index in [-0.39, 0.29) is 17.8 Å². The molecule has 16 heavy (non-hydrogen) atoms. The smallest absolute Gasteiger partial charge is 0.294 e. The summed E-state index contributed by atoms with van der Waals surface area (Å²) in [5.41, 5.74) is 0.209. The fourth-order valence-electron chi connectivity index (χ4n) is 1.22. The van der Waals surface area contributed by atoms with Gasteiger partial charge in [0.15, 0.2) is 5.78 Å². The third-order valence-electron chi connectivity index (χ3n) is 2.00. The average molecular weight is 228 g/mol. The molecule has 0 heterocycles. The first kappa shape index (κ1) is 12.5. The predicted molar refractivity (Wildman–Crippen MR) is 55.2 cm³/mol. The maximum absolute atomic E-state index is 12.2. The Balaban J connectivity index is 2.87. The minimum Gasteiger partial charge on any atom is -0.294 e. The van der Waals surface area contributed by atoms with Crippen LogP contribution in [-0.2, 0) is 6.18 Å². The highest BCUT2D eigenvalue weighted by Gasteiger charge is 2.30. The normalized spacial score (nSPS) is 11.2. The summed E-state index contributed by atoms with van der Waals surface area (Å²) in [5.74, 6) is -0.221. The summed E-state index contributed by atoms with van der Waals surface area (Å²) in [5, 5.41) is 0. The molecule has 0 amide bonds. The molecule has 0 atom stereocenters. The minimum absolute atomic E-state index is 0.158. The Labute approximate surface area is 91.6 Å². The molecule has 0 aliphatic heterocycles. The number of hydrogen-bond acceptors (Lipinski definition) is 1. The van der Waals surface area contributed by atoms with E-state index in [0.29, 0.717) is 5.57 Å². The number of carbonyl (C=O) groups is 1. The number of hydrogen-bond donors (Lipinski definition) is 0. The number of Topliss-reactive ketones (excluding diaryl/α,β-unsaturated/α-hetero) is 1. The average Bonchev–Trinajstić information content (AvgIpc) is 2.15. The van der Waals surface area contributed by atoms with Gasteiger partial charge in [-0.1, -0.05) is 24.3 Å². The van der Waals surface area contributed by atoms with Gasteiger partial charge in [-0.05, 0) is 19.1 Å². The topological polar surface area (TPSA) is 17.1 Å². The number of alkyl halides is 3. The molecule has 0 aromatic heterocycles.